The van der Waals surface area contributed by atoms with Gasteiger partial charge in [-0.05, 0) is 30.4 Å². The molecule has 1 saturated heterocycles. The standard InChI is InChI=1S/C19H19NO3/c1-3-19(4-2)15(23-19)11-20-17(21)13-9-5-7-12-8-6-10-14(16(12)13)18(20)22/h5-10,15H,3-4,11H2,1-2H3. The van der Waals surface area contributed by atoms with Crippen molar-refractivity contribution in [2.24, 2.45) is 0 Å². The minimum atomic E-state index is -0.212. The molecule has 23 heavy (non-hydrogen) atoms. The van der Waals surface area contributed by atoms with E-state index >= 15 is 0 Å². The number of benzene rings is 2. The topological polar surface area (TPSA) is 49.9 Å². The Hall–Kier alpha value is -2.20. The zero-order valence-electron chi connectivity index (χ0n) is 13.3. The van der Waals surface area contributed by atoms with E-state index in [1.54, 1.807) is 12.1 Å². The Bertz CT molecular complexity index is 772. The van der Waals surface area contributed by atoms with Crippen LogP contribution in [0.25, 0.3) is 10.8 Å². The second kappa shape index (κ2) is 4.90. The number of amides is 2. The number of epoxide rings is 1. The van der Waals surface area contributed by atoms with Gasteiger partial charge in [0.05, 0.1) is 12.1 Å². The highest BCUT2D eigenvalue weighted by Gasteiger charge is 2.55. The van der Waals surface area contributed by atoms with Crippen molar-refractivity contribution in [2.75, 3.05) is 6.54 Å². The molecule has 2 aromatic carbocycles. The van der Waals surface area contributed by atoms with E-state index in [1.165, 1.54) is 4.90 Å². The number of nitrogens with zero attached hydrogens (tertiary/aromatic N) is 1. The molecule has 0 radical (unpaired) electrons. The molecule has 1 fully saturated rings. The van der Waals surface area contributed by atoms with Gasteiger partial charge in [0.2, 0.25) is 0 Å². The molecule has 1 unspecified atom stereocenters. The molecule has 2 aromatic rings. The molecule has 2 amide bonds. The van der Waals surface area contributed by atoms with Crippen LogP contribution in [0.2, 0.25) is 0 Å². The summed E-state index contributed by atoms with van der Waals surface area (Å²) in [5.74, 6) is -0.424. The molecule has 0 aliphatic carbocycles. The van der Waals surface area contributed by atoms with Gasteiger partial charge in [0.15, 0.2) is 0 Å². The number of imide groups is 1. The summed E-state index contributed by atoms with van der Waals surface area (Å²) in [6.45, 7) is 4.50. The number of rotatable bonds is 4. The summed E-state index contributed by atoms with van der Waals surface area (Å²) in [5.41, 5.74) is 1.05. The highest BCUT2D eigenvalue weighted by Crippen LogP contribution is 2.43. The fraction of sp³-hybridized carbons (Fsp3) is 0.368. The summed E-state index contributed by atoms with van der Waals surface area (Å²) < 4.78 is 5.82. The first-order valence-electron chi connectivity index (χ1n) is 8.17. The predicted molar refractivity (Wildman–Crippen MR) is 87.5 cm³/mol. The number of carbonyl (C=O) groups is 2. The number of hydrogen-bond acceptors (Lipinski definition) is 3. The van der Waals surface area contributed by atoms with Gasteiger partial charge in [0.1, 0.15) is 6.10 Å². The van der Waals surface area contributed by atoms with Gasteiger partial charge in [-0.25, -0.2) is 0 Å². The largest absolute Gasteiger partial charge is 0.364 e. The van der Waals surface area contributed by atoms with Crippen molar-refractivity contribution < 1.29 is 14.3 Å². The van der Waals surface area contributed by atoms with Crippen LogP contribution in [0, 0.1) is 0 Å². The quantitative estimate of drug-likeness (QED) is 0.642. The summed E-state index contributed by atoms with van der Waals surface area (Å²) in [5, 5.41) is 1.70. The van der Waals surface area contributed by atoms with Gasteiger partial charge in [-0.1, -0.05) is 38.1 Å². The molecule has 2 aliphatic heterocycles. The Balaban J connectivity index is 1.73. The molecule has 4 rings (SSSR count). The van der Waals surface area contributed by atoms with E-state index in [9.17, 15) is 9.59 Å². The average Bonchev–Trinajstić information content (AvgIpc) is 3.30. The van der Waals surface area contributed by atoms with Crippen molar-refractivity contribution in [3.8, 4) is 0 Å². The zero-order valence-corrected chi connectivity index (χ0v) is 13.3. The van der Waals surface area contributed by atoms with E-state index in [0.717, 1.165) is 23.6 Å². The Morgan fingerprint density at radius 3 is 2.04 bits per heavy atom. The smallest absolute Gasteiger partial charge is 0.261 e. The van der Waals surface area contributed by atoms with Crippen LogP contribution in [-0.4, -0.2) is 35.0 Å². The number of hydrogen-bond donors (Lipinski definition) is 0. The Morgan fingerprint density at radius 2 is 1.57 bits per heavy atom. The molecule has 2 heterocycles. The highest BCUT2D eigenvalue weighted by molar-refractivity contribution is 6.25. The monoisotopic (exact) mass is 309 g/mol. The lowest BCUT2D eigenvalue weighted by Gasteiger charge is -2.27. The molecule has 1 atom stereocenters. The van der Waals surface area contributed by atoms with Crippen molar-refractivity contribution in [1.29, 1.82) is 0 Å². The van der Waals surface area contributed by atoms with Crippen LogP contribution in [0.3, 0.4) is 0 Å². The maximum Gasteiger partial charge on any atom is 0.261 e. The van der Waals surface area contributed by atoms with E-state index in [1.807, 2.05) is 24.3 Å². The van der Waals surface area contributed by atoms with Gasteiger partial charge in [-0.3, -0.25) is 14.5 Å². The van der Waals surface area contributed by atoms with Gasteiger partial charge in [0, 0.05) is 16.5 Å². The van der Waals surface area contributed by atoms with Crippen molar-refractivity contribution in [3.05, 3.63) is 47.5 Å². The van der Waals surface area contributed by atoms with Crippen LogP contribution in [0.15, 0.2) is 36.4 Å². The SMILES string of the molecule is CCC1(CC)OC1CN1C(=O)c2cccc3cccc(c23)C1=O. The fourth-order valence-electron chi connectivity index (χ4n) is 3.74. The van der Waals surface area contributed by atoms with Crippen molar-refractivity contribution in [3.63, 3.8) is 0 Å². The Kier molecular flexibility index (Phi) is 3.07. The molecule has 0 N–H and O–H groups in total. The second-order valence-electron chi connectivity index (χ2n) is 6.31. The molecule has 118 valence electrons. The van der Waals surface area contributed by atoms with Gasteiger partial charge >= 0.3 is 0 Å². The van der Waals surface area contributed by atoms with Crippen LogP contribution in [0.5, 0.6) is 0 Å². The first kappa shape index (κ1) is 14.4. The van der Waals surface area contributed by atoms with Gasteiger partial charge in [0.25, 0.3) is 11.8 Å². The molecule has 0 saturated carbocycles. The second-order valence-corrected chi connectivity index (χ2v) is 6.31. The average molecular weight is 309 g/mol. The third-order valence-corrected chi connectivity index (χ3v) is 5.31. The van der Waals surface area contributed by atoms with E-state index < -0.39 is 0 Å². The lowest BCUT2D eigenvalue weighted by molar-refractivity contribution is 0.0598. The van der Waals surface area contributed by atoms with Crippen LogP contribution >= 0.6 is 0 Å². The third-order valence-electron chi connectivity index (χ3n) is 5.31. The lowest BCUT2D eigenvalue weighted by Crippen LogP contribution is -2.43. The van der Waals surface area contributed by atoms with E-state index in [-0.39, 0.29) is 23.5 Å². The number of ether oxygens (including phenoxy) is 1. The maximum absolute atomic E-state index is 12.8. The highest BCUT2D eigenvalue weighted by atomic mass is 16.6. The Labute approximate surface area is 135 Å². The van der Waals surface area contributed by atoms with Crippen LogP contribution in [0.4, 0.5) is 0 Å². The lowest BCUT2D eigenvalue weighted by atomic mass is 9.93. The Morgan fingerprint density at radius 1 is 1.00 bits per heavy atom. The fourth-order valence-corrected chi connectivity index (χ4v) is 3.74. The van der Waals surface area contributed by atoms with Gasteiger partial charge in [-0.2, -0.15) is 0 Å². The molecule has 4 heteroatoms. The maximum atomic E-state index is 12.8. The predicted octanol–water partition coefficient (Wildman–Crippen LogP) is 3.39. The van der Waals surface area contributed by atoms with E-state index in [4.69, 9.17) is 4.74 Å². The minimum absolute atomic E-state index is 0.0464. The minimum Gasteiger partial charge on any atom is -0.364 e. The van der Waals surface area contributed by atoms with Crippen LogP contribution < -0.4 is 0 Å². The molecule has 0 aromatic heterocycles. The zero-order chi connectivity index (χ0) is 16.2. The van der Waals surface area contributed by atoms with Crippen LogP contribution in [0.1, 0.15) is 47.4 Å². The summed E-state index contributed by atoms with van der Waals surface area (Å²) in [4.78, 5) is 27.0. The van der Waals surface area contributed by atoms with Crippen molar-refractivity contribution in [1.82, 2.24) is 4.90 Å². The van der Waals surface area contributed by atoms with Gasteiger partial charge < -0.3 is 4.74 Å². The summed E-state index contributed by atoms with van der Waals surface area (Å²) >= 11 is 0. The van der Waals surface area contributed by atoms with E-state index in [2.05, 4.69) is 13.8 Å². The molecule has 0 spiro atoms. The first-order valence-corrected chi connectivity index (χ1v) is 8.17. The third kappa shape index (κ3) is 1.94. The normalized spacial score (nSPS) is 21.8. The summed E-state index contributed by atoms with van der Waals surface area (Å²) in [7, 11) is 0. The summed E-state index contributed by atoms with van der Waals surface area (Å²) in [6, 6.07) is 11.2. The molecule has 2 aliphatic rings. The molecule has 4 nitrogen and oxygen atoms in total. The summed E-state index contributed by atoms with van der Waals surface area (Å²) in [6.07, 6.45) is 1.75. The van der Waals surface area contributed by atoms with E-state index in [0.29, 0.717) is 17.7 Å². The molecular weight excluding hydrogens is 290 g/mol. The van der Waals surface area contributed by atoms with Crippen molar-refractivity contribution in [2.45, 2.75) is 38.4 Å². The molecule has 0 bridgehead atoms. The van der Waals surface area contributed by atoms with Crippen LogP contribution in [-0.2, 0) is 4.74 Å². The van der Waals surface area contributed by atoms with Crippen molar-refractivity contribution >= 4 is 22.6 Å². The first-order chi connectivity index (χ1) is 11.1. The molecular formula is C19H19NO3. The van der Waals surface area contributed by atoms with Gasteiger partial charge in [-0.15, -0.1) is 0 Å². The number of carbonyl (C=O) groups excluding carboxylic acids is 2.